The summed E-state index contributed by atoms with van der Waals surface area (Å²) in [5.41, 5.74) is -1.81. The van der Waals surface area contributed by atoms with Gasteiger partial charge < -0.3 is 59.8 Å². The average Bonchev–Trinajstić information content (AvgIpc) is 3.13. The number of ether oxygens (including phenoxy) is 4. The number of allylic oxidation sites excluding steroid dienone is 2. The number of hydrogen-bond donors (Lipinski definition) is 8. The van der Waals surface area contributed by atoms with Gasteiger partial charge in [0, 0.05) is 5.92 Å². The minimum atomic E-state index is -2.05. The first kappa shape index (κ1) is 43.5. The van der Waals surface area contributed by atoms with Crippen molar-refractivity contribution in [3.8, 4) is 0 Å². The van der Waals surface area contributed by atoms with Crippen molar-refractivity contribution >= 4 is 23.7 Å². The molecule has 8 N–H and O–H groups in total. The van der Waals surface area contributed by atoms with E-state index in [1.54, 1.807) is 0 Å². The van der Waals surface area contributed by atoms with Gasteiger partial charge in [-0.2, -0.15) is 0 Å². The summed E-state index contributed by atoms with van der Waals surface area (Å²) < 4.78 is 23.4. The van der Waals surface area contributed by atoms with E-state index in [1.807, 2.05) is 26.8 Å². The highest BCUT2D eigenvalue weighted by molar-refractivity contribution is 5.95. The molecule has 0 radical (unpaired) electrons. The quantitative estimate of drug-likeness (QED) is 0.171. The second-order valence-electron chi connectivity index (χ2n) is 20.6. The summed E-state index contributed by atoms with van der Waals surface area (Å²) in [7, 11) is 0. The van der Waals surface area contributed by atoms with Crippen molar-refractivity contribution in [1.29, 1.82) is 0 Å². The number of carboxylic acids is 3. The first-order valence-electron chi connectivity index (χ1n) is 20.7. The summed E-state index contributed by atoms with van der Waals surface area (Å²) in [4.78, 5) is 51.3. The predicted molar refractivity (Wildman–Crippen MR) is 199 cm³/mol. The van der Waals surface area contributed by atoms with Gasteiger partial charge in [0.05, 0.1) is 11.5 Å². The molecule has 0 bridgehead atoms. The van der Waals surface area contributed by atoms with E-state index in [2.05, 4.69) is 27.7 Å². The van der Waals surface area contributed by atoms with E-state index < -0.39 is 107 Å². The van der Waals surface area contributed by atoms with E-state index >= 15 is 0 Å². The monoisotopic (exact) mass is 824 g/mol. The minimum Gasteiger partial charge on any atom is -0.481 e. The van der Waals surface area contributed by atoms with Crippen LogP contribution < -0.4 is 0 Å². The predicted octanol–water partition coefficient (Wildman–Crippen LogP) is 2.25. The number of carboxylic acid groups (broad SMARTS) is 3. The molecule has 0 aromatic carbocycles. The second kappa shape index (κ2) is 14.3. The van der Waals surface area contributed by atoms with Crippen LogP contribution >= 0.6 is 0 Å². The van der Waals surface area contributed by atoms with Crippen molar-refractivity contribution in [2.75, 3.05) is 0 Å². The van der Waals surface area contributed by atoms with Crippen LogP contribution in [0.5, 0.6) is 0 Å². The zero-order valence-corrected chi connectivity index (χ0v) is 34.4. The summed E-state index contributed by atoms with van der Waals surface area (Å²) in [6, 6.07) is 0. The molecule has 0 aromatic rings. The maximum absolute atomic E-state index is 14.8. The van der Waals surface area contributed by atoms with Crippen LogP contribution in [-0.2, 0) is 38.1 Å². The Morgan fingerprint density at radius 2 is 1.31 bits per heavy atom. The number of aliphatic hydroxyl groups excluding tert-OH is 5. The molecule has 2 saturated heterocycles. The molecule has 2 aliphatic heterocycles. The molecule has 16 heteroatoms. The Bertz CT molecular complexity index is 1730. The summed E-state index contributed by atoms with van der Waals surface area (Å²) in [6.45, 7) is 14.8. The van der Waals surface area contributed by atoms with Crippen molar-refractivity contribution < 1.29 is 79.0 Å². The van der Waals surface area contributed by atoms with Crippen LogP contribution in [0.25, 0.3) is 0 Å². The molecule has 0 spiro atoms. The SMILES string of the molecule is C[C@]1(C(=O)O)CC[C@]2(C)CC[C@]3(C)C(=CC(=O)C4[C@@]5(C)CC[C@H](O[C@@H]6O[C@H](C(=O)O)[C@@H](O)[C@H](O)[C@H]6OC6O[C@H](C(=O)O)[C@@H](O)[C@H](O)[C@H]6O)[C@@](C)([14CH3])C5CC[C@]43C)[C@@H]2C1. The van der Waals surface area contributed by atoms with Crippen molar-refractivity contribution in [2.24, 2.45) is 50.2 Å². The molecule has 4 saturated carbocycles. The van der Waals surface area contributed by atoms with Crippen molar-refractivity contribution in [3.63, 3.8) is 0 Å². The molecule has 7 rings (SSSR count). The van der Waals surface area contributed by atoms with E-state index in [4.69, 9.17) is 18.9 Å². The molecule has 3 unspecified atom stereocenters. The van der Waals surface area contributed by atoms with E-state index in [0.29, 0.717) is 25.7 Å². The van der Waals surface area contributed by atoms with E-state index in [9.17, 15) is 60.0 Å². The number of carbonyl (C=O) groups excluding carboxylic acids is 1. The Kier molecular flexibility index (Phi) is 10.7. The van der Waals surface area contributed by atoms with Crippen LogP contribution in [-0.4, -0.2) is 132 Å². The van der Waals surface area contributed by atoms with Gasteiger partial charge >= 0.3 is 17.9 Å². The number of ketones is 1. The normalized spacial score (nSPS) is 54.2. The Balaban J connectivity index is 1.17. The van der Waals surface area contributed by atoms with Gasteiger partial charge in [-0.1, -0.05) is 47.1 Å². The zero-order chi connectivity index (χ0) is 42.9. The Morgan fingerprint density at radius 1 is 0.724 bits per heavy atom. The van der Waals surface area contributed by atoms with Crippen LogP contribution in [0.15, 0.2) is 11.6 Å². The lowest BCUT2D eigenvalue weighted by atomic mass is 9.34. The number of hydrogen-bond acceptors (Lipinski definition) is 13. The molecule has 0 aromatic heterocycles. The zero-order valence-electron chi connectivity index (χ0n) is 34.4. The first-order valence-corrected chi connectivity index (χ1v) is 20.7. The summed E-state index contributed by atoms with van der Waals surface area (Å²) in [6.07, 6.45) is -12.2. The third kappa shape index (κ3) is 6.25. The van der Waals surface area contributed by atoms with Gasteiger partial charge in [0.25, 0.3) is 0 Å². The van der Waals surface area contributed by atoms with Crippen molar-refractivity contribution in [2.45, 2.75) is 174 Å². The fourth-order valence-corrected chi connectivity index (χ4v) is 13.4. The highest BCUT2D eigenvalue weighted by Crippen LogP contribution is 2.75. The lowest BCUT2D eigenvalue weighted by Gasteiger charge is -2.70. The maximum atomic E-state index is 14.8. The molecule has 5 aliphatic carbocycles. The highest BCUT2D eigenvalue weighted by Gasteiger charge is 2.71. The number of aliphatic hydroxyl groups is 5. The smallest absolute Gasteiger partial charge is 0.335 e. The number of fused-ring (bicyclic) bond motifs is 7. The number of rotatable bonds is 7. The van der Waals surface area contributed by atoms with Crippen molar-refractivity contribution in [3.05, 3.63) is 11.6 Å². The Labute approximate surface area is 337 Å². The summed E-state index contributed by atoms with van der Waals surface area (Å²) >= 11 is 0. The lowest BCUT2D eigenvalue weighted by Crippen LogP contribution is -2.68. The number of carbonyl (C=O) groups is 4. The lowest BCUT2D eigenvalue weighted by molar-refractivity contribution is -0.371. The molecule has 2 heterocycles. The maximum Gasteiger partial charge on any atom is 0.335 e. The third-order valence-electron chi connectivity index (χ3n) is 17.2. The number of aliphatic carboxylic acids is 3. The van der Waals surface area contributed by atoms with E-state index in [0.717, 1.165) is 37.7 Å². The van der Waals surface area contributed by atoms with Crippen LogP contribution in [0, 0.1) is 50.2 Å². The van der Waals surface area contributed by atoms with E-state index in [-0.39, 0.29) is 34.4 Å². The van der Waals surface area contributed by atoms with Gasteiger partial charge in [0.15, 0.2) is 30.6 Å². The molecule has 0 amide bonds. The van der Waals surface area contributed by atoms with Gasteiger partial charge in [-0.05, 0) is 110 Å². The minimum absolute atomic E-state index is 0.0217. The molecule has 20 atom stereocenters. The summed E-state index contributed by atoms with van der Waals surface area (Å²) in [5, 5.41) is 83.0. The standard InChI is InChI=1S/C42H62O16/c1-37(2)21-8-11-42(7)31(20(43)16-18-19-17-39(4,36(53)54)13-12-38(19,3)14-15-41(18,42)6)40(21,5)10-9-22(37)55-35-30(26(47)25(46)29(57-35)33(51)52)58-34-27(48)23(44)24(45)28(56-34)32(49)50/h16,19,21-31,34-35,44-48H,8-15,17H2,1-7H3,(H,49,50)(H,51,52)(H,53,54)/t19-,21?,22-,23-,24-,25-,26-,27+,28-,29-,30+,31?,34?,35+,38+,39-,40-,41+,42+/m0/s1/i1+2/t19-,21?,22-,23-,24-,25-,26-,27+,28-,29-,30+,31?,34?,35+,37+,38+,39-,40-,41+,42+. The largest absolute Gasteiger partial charge is 0.481 e. The van der Waals surface area contributed by atoms with Crippen LogP contribution in [0.3, 0.4) is 0 Å². The van der Waals surface area contributed by atoms with E-state index in [1.165, 1.54) is 0 Å². The molecule has 6 fully saturated rings. The van der Waals surface area contributed by atoms with Crippen LogP contribution in [0.1, 0.15) is 106 Å². The Hall–Kier alpha value is -2.54. The average molecular weight is 825 g/mol. The van der Waals surface area contributed by atoms with Gasteiger partial charge in [-0.15, -0.1) is 0 Å². The fourth-order valence-electron chi connectivity index (χ4n) is 13.4. The molecular weight excluding hydrogens is 762 g/mol. The van der Waals surface area contributed by atoms with Crippen LogP contribution in [0.2, 0.25) is 0 Å². The summed E-state index contributed by atoms with van der Waals surface area (Å²) in [5.74, 6) is -4.47. The second-order valence-corrected chi connectivity index (χ2v) is 20.6. The molecule has 7 aliphatic rings. The highest BCUT2D eigenvalue weighted by atomic mass is 16.8. The third-order valence-corrected chi connectivity index (χ3v) is 17.2. The Morgan fingerprint density at radius 3 is 1.91 bits per heavy atom. The molecular formula is C42H62O16. The first-order chi connectivity index (χ1) is 26.8. The van der Waals surface area contributed by atoms with Crippen molar-refractivity contribution in [1.82, 2.24) is 0 Å². The fraction of sp³-hybridized carbons (Fsp3) is 0.857. The molecule has 16 nitrogen and oxygen atoms in total. The van der Waals surface area contributed by atoms with Gasteiger partial charge in [-0.3, -0.25) is 9.59 Å². The van der Waals surface area contributed by atoms with Gasteiger partial charge in [0.1, 0.15) is 36.6 Å². The topological polar surface area (TPSA) is 267 Å². The van der Waals surface area contributed by atoms with Gasteiger partial charge in [0.2, 0.25) is 0 Å². The molecule has 326 valence electrons. The van der Waals surface area contributed by atoms with Gasteiger partial charge in [-0.25, -0.2) is 9.59 Å². The molecule has 58 heavy (non-hydrogen) atoms. The van der Waals surface area contributed by atoms with Crippen LogP contribution in [0.4, 0.5) is 0 Å².